The van der Waals surface area contributed by atoms with Gasteiger partial charge in [0.2, 0.25) is 5.91 Å². The Morgan fingerprint density at radius 2 is 1.86 bits per heavy atom. The van der Waals surface area contributed by atoms with Crippen LogP contribution in [-0.4, -0.2) is 54.2 Å². The van der Waals surface area contributed by atoms with Gasteiger partial charge in [-0.15, -0.1) is 0 Å². The van der Waals surface area contributed by atoms with Crippen molar-refractivity contribution in [3.63, 3.8) is 0 Å². The highest BCUT2D eigenvalue weighted by Gasteiger charge is 2.34. The predicted molar refractivity (Wildman–Crippen MR) is 124 cm³/mol. The molecule has 6 heteroatoms. The first kappa shape index (κ1) is 20.6. The van der Waals surface area contributed by atoms with Gasteiger partial charge in [0.15, 0.2) is 0 Å². The summed E-state index contributed by atoms with van der Waals surface area (Å²) in [5, 5.41) is 13.7. The van der Waals surface area contributed by atoms with Crippen molar-refractivity contribution >= 4 is 34.2 Å². The summed E-state index contributed by atoms with van der Waals surface area (Å²) in [6.07, 6.45) is 1.37. The predicted octanol–water partition coefficient (Wildman–Crippen LogP) is 2.58. The summed E-state index contributed by atoms with van der Waals surface area (Å²) in [6, 6.07) is 14.9. The van der Waals surface area contributed by atoms with Gasteiger partial charge in [0, 0.05) is 61.4 Å². The van der Waals surface area contributed by atoms with E-state index in [-0.39, 0.29) is 18.1 Å². The molecule has 0 spiro atoms. The molecule has 4 rings (SSSR count). The van der Waals surface area contributed by atoms with Gasteiger partial charge in [-0.1, -0.05) is 30.3 Å². The van der Waals surface area contributed by atoms with Crippen LogP contribution in [0.4, 0.5) is 5.69 Å². The molecule has 1 fully saturated rings. The molecule has 1 amide bonds. The highest BCUT2D eigenvalue weighted by molar-refractivity contribution is 14.1. The SMILES string of the molecule is CC(=O)NCc1ccccc1N1CCN(C2Cc3c(I)cccc3CC2O)CC1. The quantitative estimate of drug-likeness (QED) is 0.628. The summed E-state index contributed by atoms with van der Waals surface area (Å²) in [5.74, 6) is -0.00850. The molecule has 5 nitrogen and oxygen atoms in total. The number of halogens is 1. The van der Waals surface area contributed by atoms with E-state index < -0.39 is 0 Å². The molecule has 1 aliphatic carbocycles. The fourth-order valence-corrected chi connectivity index (χ4v) is 5.36. The Bertz CT molecular complexity index is 880. The fourth-order valence-electron chi connectivity index (χ4n) is 4.59. The Morgan fingerprint density at radius 1 is 1.10 bits per heavy atom. The Morgan fingerprint density at radius 3 is 2.62 bits per heavy atom. The lowest BCUT2D eigenvalue weighted by Gasteiger charge is -2.44. The highest BCUT2D eigenvalue weighted by Crippen LogP contribution is 2.30. The third-order valence-electron chi connectivity index (χ3n) is 6.15. The van der Waals surface area contributed by atoms with Crippen LogP contribution in [0.25, 0.3) is 0 Å². The molecule has 29 heavy (non-hydrogen) atoms. The maximum atomic E-state index is 11.3. The maximum Gasteiger partial charge on any atom is 0.217 e. The molecule has 1 saturated heterocycles. The second-order valence-electron chi connectivity index (χ2n) is 7.98. The number of nitrogens with zero attached hydrogens (tertiary/aromatic N) is 2. The van der Waals surface area contributed by atoms with E-state index in [4.69, 9.17) is 0 Å². The molecule has 2 atom stereocenters. The van der Waals surface area contributed by atoms with Crippen LogP contribution in [0.5, 0.6) is 0 Å². The van der Waals surface area contributed by atoms with Crippen molar-refractivity contribution < 1.29 is 9.90 Å². The van der Waals surface area contributed by atoms with Crippen molar-refractivity contribution in [2.45, 2.75) is 38.5 Å². The number of carbonyl (C=O) groups excluding carboxylic acids is 1. The normalized spacial score (nSPS) is 22.2. The minimum absolute atomic E-state index is 0.00850. The third kappa shape index (κ3) is 4.59. The lowest BCUT2D eigenvalue weighted by molar-refractivity contribution is -0.119. The van der Waals surface area contributed by atoms with Crippen molar-refractivity contribution in [3.05, 3.63) is 62.7 Å². The van der Waals surface area contributed by atoms with Gasteiger partial charge >= 0.3 is 0 Å². The lowest BCUT2D eigenvalue weighted by atomic mass is 9.85. The standard InChI is InChI=1S/C23H28IN3O2/c1-16(28)25-15-18-5-2-3-8-21(18)26-9-11-27(12-10-26)22-14-19-17(13-23(22)29)6-4-7-20(19)24/h2-8,22-23,29H,9-15H2,1H3,(H,25,28). The first-order chi connectivity index (χ1) is 14.0. The van der Waals surface area contributed by atoms with Crippen LogP contribution in [-0.2, 0) is 24.2 Å². The van der Waals surface area contributed by atoms with Crippen LogP contribution in [0.15, 0.2) is 42.5 Å². The zero-order valence-corrected chi connectivity index (χ0v) is 18.9. The Labute approximate surface area is 186 Å². The number of hydrogen-bond donors (Lipinski definition) is 2. The first-order valence-electron chi connectivity index (χ1n) is 10.3. The lowest BCUT2D eigenvalue weighted by Crippen LogP contribution is -2.56. The van der Waals surface area contributed by atoms with Gasteiger partial charge < -0.3 is 15.3 Å². The number of hydrogen-bond acceptors (Lipinski definition) is 4. The van der Waals surface area contributed by atoms with E-state index in [1.165, 1.54) is 20.4 Å². The number of piperazine rings is 1. The summed E-state index contributed by atoms with van der Waals surface area (Å²) in [5.41, 5.74) is 5.06. The second kappa shape index (κ2) is 9.02. The van der Waals surface area contributed by atoms with Gasteiger partial charge in [0.1, 0.15) is 0 Å². The highest BCUT2D eigenvalue weighted by atomic mass is 127. The maximum absolute atomic E-state index is 11.3. The monoisotopic (exact) mass is 505 g/mol. The van der Waals surface area contributed by atoms with E-state index in [1.54, 1.807) is 6.92 Å². The van der Waals surface area contributed by atoms with E-state index in [1.807, 2.05) is 6.07 Å². The van der Waals surface area contributed by atoms with Crippen LogP contribution in [0, 0.1) is 3.57 Å². The average Bonchev–Trinajstić information content (AvgIpc) is 2.72. The summed E-state index contributed by atoms with van der Waals surface area (Å²) >= 11 is 2.42. The smallest absolute Gasteiger partial charge is 0.217 e. The molecule has 0 radical (unpaired) electrons. The van der Waals surface area contributed by atoms with Crippen LogP contribution >= 0.6 is 22.6 Å². The van der Waals surface area contributed by atoms with Crippen LogP contribution in [0.1, 0.15) is 23.6 Å². The van der Waals surface area contributed by atoms with Crippen LogP contribution in [0.3, 0.4) is 0 Å². The van der Waals surface area contributed by atoms with Gasteiger partial charge in [0.05, 0.1) is 6.10 Å². The number of anilines is 1. The van der Waals surface area contributed by atoms with Crippen LogP contribution in [0.2, 0.25) is 0 Å². The minimum Gasteiger partial charge on any atom is -0.391 e. The largest absolute Gasteiger partial charge is 0.391 e. The number of carbonyl (C=O) groups is 1. The number of benzene rings is 2. The molecule has 0 bridgehead atoms. The van der Waals surface area contributed by atoms with Crippen molar-refractivity contribution in [3.8, 4) is 0 Å². The first-order valence-corrected chi connectivity index (χ1v) is 11.4. The Kier molecular flexibility index (Phi) is 6.41. The molecular weight excluding hydrogens is 477 g/mol. The molecule has 2 aliphatic rings. The zero-order chi connectivity index (χ0) is 20.4. The van der Waals surface area contributed by atoms with E-state index >= 15 is 0 Å². The van der Waals surface area contributed by atoms with E-state index in [0.29, 0.717) is 6.54 Å². The topological polar surface area (TPSA) is 55.8 Å². The molecule has 2 unspecified atom stereocenters. The molecule has 0 saturated carbocycles. The summed E-state index contributed by atoms with van der Waals surface area (Å²) < 4.78 is 1.31. The number of amides is 1. The number of rotatable bonds is 4. The fraction of sp³-hybridized carbons (Fsp3) is 0.435. The summed E-state index contributed by atoms with van der Waals surface area (Å²) in [4.78, 5) is 16.2. The Balaban J connectivity index is 1.43. The molecular formula is C23H28IN3O2. The Hall–Kier alpha value is -1.64. The van der Waals surface area contributed by atoms with Crippen LogP contribution < -0.4 is 10.2 Å². The second-order valence-corrected chi connectivity index (χ2v) is 9.14. The van der Waals surface area contributed by atoms with E-state index in [2.05, 4.69) is 74.1 Å². The minimum atomic E-state index is -0.306. The number of nitrogens with one attached hydrogen (secondary N) is 1. The van der Waals surface area contributed by atoms with E-state index in [0.717, 1.165) is 44.6 Å². The molecule has 1 heterocycles. The molecule has 0 aromatic heterocycles. The van der Waals surface area contributed by atoms with Crippen molar-refractivity contribution in [1.29, 1.82) is 0 Å². The number of para-hydroxylation sites is 1. The number of aliphatic hydroxyl groups excluding tert-OH is 1. The molecule has 2 aromatic rings. The molecule has 2 aromatic carbocycles. The van der Waals surface area contributed by atoms with Gasteiger partial charge in [0.25, 0.3) is 0 Å². The van der Waals surface area contributed by atoms with Crippen molar-refractivity contribution in [2.24, 2.45) is 0 Å². The third-order valence-corrected chi connectivity index (χ3v) is 7.16. The average molecular weight is 505 g/mol. The number of aliphatic hydroxyl groups is 1. The number of fused-ring (bicyclic) bond motifs is 1. The van der Waals surface area contributed by atoms with Gasteiger partial charge in [-0.25, -0.2) is 0 Å². The summed E-state index contributed by atoms with van der Waals surface area (Å²) in [6.45, 7) is 5.85. The van der Waals surface area contributed by atoms with Crippen molar-refractivity contribution in [2.75, 3.05) is 31.1 Å². The molecule has 2 N–H and O–H groups in total. The van der Waals surface area contributed by atoms with E-state index in [9.17, 15) is 9.90 Å². The molecule has 154 valence electrons. The van der Waals surface area contributed by atoms with Crippen molar-refractivity contribution in [1.82, 2.24) is 10.2 Å². The zero-order valence-electron chi connectivity index (χ0n) is 16.8. The van der Waals surface area contributed by atoms with Gasteiger partial charge in [-0.2, -0.15) is 0 Å². The van der Waals surface area contributed by atoms with Gasteiger partial charge in [-0.05, 0) is 57.8 Å². The summed E-state index contributed by atoms with van der Waals surface area (Å²) in [7, 11) is 0. The van der Waals surface area contributed by atoms with Gasteiger partial charge in [-0.3, -0.25) is 9.69 Å². The molecule has 1 aliphatic heterocycles.